The second kappa shape index (κ2) is 7.63. The van der Waals surface area contributed by atoms with Crippen LogP contribution >= 0.6 is 0 Å². The van der Waals surface area contributed by atoms with Crippen molar-refractivity contribution in [3.63, 3.8) is 0 Å². The molecule has 0 spiro atoms. The fourth-order valence-corrected chi connectivity index (χ4v) is 1.14. The third-order valence-electron chi connectivity index (χ3n) is 2.33. The lowest BCUT2D eigenvalue weighted by Crippen LogP contribution is -2.48. The Balaban J connectivity index is 3.58. The van der Waals surface area contributed by atoms with Crippen molar-refractivity contribution in [2.45, 2.75) is 46.6 Å². The van der Waals surface area contributed by atoms with Gasteiger partial charge in [-0.1, -0.05) is 27.7 Å². The average Bonchev–Trinajstić information content (AvgIpc) is 2.20. The van der Waals surface area contributed by atoms with E-state index in [1.54, 1.807) is 0 Å². The van der Waals surface area contributed by atoms with Crippen molar-refractivity contribution in [1.29, 1.82) is 0 Å². The van der Waals surface area contributed by atoms with Gasteiger partial charge in [0.1, 0.15) is 0 Å². The molecule has 0 aliphatic rings. The molecule has 1 atom stereocenters. The van der Waals surface area contributed by atoms with E-state index in [1.807, 2.05) is 20.8 Å². The van der Waals surface area contributed by atoms with E-state index in [-0.39, 0.29) is 11.3 Å². The summed E-state index contributed by atoms with van der Waals surface area (Å²) >= 11 is 0. The van der Waals surface area contributed by atoms with E-state index in [9.17, 15) is 4.79 Å². The maximum Gasteiger partial charge on any atom is 0.237 e. The fourth-order valence-electron chi connectivity index (χ4n) is 1.14. The van der Waals surface area contributed by atoms with Crippen LogP contribution in [0.1, 0.15) is 40.5 Å². The van der Waals surface area contributed by atoms with Crippen LogP contribution in [0, 0.1) is 5.41 Å². The number of amides is 1. The van der Waals surface area contributed by atoms with Crippen LogP contribution in [0.3, 0.4) is 0 Å². The average molecular weight is 230 g/mol. The van der Waals surface area contributed by atoms with Crippen molar-refractivity contribution in [1.82, 2.24) is 5.32 Å². The fraction of sp³-hybridized carbons (Fsp3) is 0.917. The summed E-state index contributed by atoms with van der Waals surface area (Å²) in [5.41, 5.74) is 5.62. The molecule has 4 nitrogen and oxygen atoms in total. The van der Waals surface area contributed by atoms with Gasteiger partial charge in [-0.3, -0.25) is 4.79 Å². The van der Waals surface area contributed by atoms with E-state index in [0.717, 1.165) is 19.4 Å². The van der Waals surface area contributed by atoms with Crippen LogP contribution in [0.25, 0.3) is 0 Å². The lowest BCUT2D eigenvalue weighted by atomic mass is 9.87. The van der Waals surface area contributed by atoms with Crippen molar-refractivity contribution in [2.24, 2.45) is 11.1 Å². The molecule has 96 valence electrons. The van der Waals surface area contributed by atoms with E-state index >= 15 is 0 Å². The highest BCUT2D eigenvalue weighted by molar-refractivity contribution is 5.82. The zero-order chi connectivity index (χ0) is 12.6. The Kier molecular flexibility index (Phi) is 7.34. The van der Waals surface area contributed by atoms with E-state index in [2.05, 4.69) is 12.2 Å². The topological polar surface area (TPSA) is 64.3 Å². The van der Waals surface area contributed by atoms with Crippen molar-refractivity contribution >= 4 is 5.91 Å². The van der Waals surface area contributed by atoms with Crippen LogP contribution in [0.4, 0.5) is 0 Å². The third kappa shape index (κ3) is 6.80. The summed E-state index contributed by atoms with van der Waals surface area (Å²) in [6.07, 6.45) is 1.86. The van der Waals surface area contributed by atoms with Crippen molar-refractivity contribution in [3.05, 3.63) is 0 Å². The monoisotopic (exact) mass is 230 g/mol. The number of rotatable bonds is 7. The maximum absolute atomic E-state index is 11.6. The van der Waals surface area contributed by atoms with E-state index < -0.39 is 6.04 Å². The van der Waals surface area contributed by atoms with Crippen molar-refractivity contribution in [2.75, 3.05) is 19.8 Å². The standard InChI is InChI=1S/C12H26N2O2/c1-5-8-16-9-6-7-14-11(15)10(13)12(2,3)4/h10H,5-9,13H2,1-4H3,(H,14,15). The molecule has 0 bridgehead atoms. The smallest absolute Gasteiger partial charge is 0.237 e. The molecule has 4 heteroatoms. The number of carbonyl (C=O) groups is 1. The molecule has 0 aliphatic carbocycles. The van der Waals surface area contributed by atoms with E-state index in [0.29, 0.717) is 13.2 Å². The van der Waals surface area contributed by atoms with Crippen molar-refractivity contribution < 1.29 is 9.53 Å². The molecule has 0 heterocycles. The highest BCUT2D eigenvalue weighted by Crippen LogP contribution is 2.16. The van der Waals surface area contributed by atoms with Gasteiger partial charge in [-0.05, 0) is 18.3 Å². The summed E-state index contributed by atoms with van der Waals surface area (Å²) in [6, 6.07) is -0.455. The molecule has 0 aliphatic heterocycles. The quantitative estimate of drug-likeness (QED) is 0.648. The van der Waals surface area contributed by atoms with Gasteiger partial charge in [-0.2, -0.15) is 0 Å². The molecule has 3 N–H and O–H groups in total. The van der Waals surface area contributed by atoms with Gasteiger partial charge in [0.15, 0.2) is 0 Å². The minimum atomic E-state index is -0.455. The second-order valence-corrected chi connectivity index (χ2v) is 5.10. The molecule has 0 saturated carbocycles. The number of hydrogen-bond acceptors (Lipinski definition) is 3. The van der Waals surface area contributed by atoms with Gasteiger partial charge in [0.25, 0.3) is 0 Å². The van der Waals surface area contributed by atoms with E-state index in [1.165, 1.54) is 0 Å². The molecular formula is C12H26N2O2. The number of ether oxygens (including phenoxy) is 1. The van der Waals surface area contributed by atoms with E-state index in [4.69, 9.17) is 10.5 Å². The van der Waals surface area contributed by atoms with Crippen LogP contribution in [-0.4, -0.2) is 31.7 Å². The Hall–Kier alpha value is -0.610. The van der Waals surface area contributed by atoms with Gasteiger partial charge in [-0.25, -0.2) is 0 Å². The Bertz CT molecular complexity index is 200. The first-order valence-electron chi connectivity index (χ1n) is 6.00. The molecule has 0 rings (SSSR count). The molecule has 1 unspecified atom stereocenters. The lowest BCUT2D eigenvalue weighted by molar-refractivity contribution is -0.124. The van der Waals surface area contributed by atoms with Gasteiger partial charge in [0, 0.05) is 19.8 Å². The Morgan fingerprint density at radius 1 is 1.38 bits per heavy atom. The molecule has 0 radical (unpaired) electrons. The van der Waals surface area contributed by atoms with Crippen LogP contribution in [-0.2, 0) is 9.53 Å². The number of nitrogens with one attached hydrogen (secondary N) is 1. The normalized spacial score (nSPS) is 13.6. The van der Waals surface area contributed by atoms with Gasteiger partial charge in [0.05, 0.1) is 6.04 Å². The van der Waals surface area contributed by atoms with Gasteiger partial charge in [-0.15, -0.1) is 0 Å². The summed E-state index contributed by atoms with van der Waals surface area (Å²) in [5, 5.41) is 2.82. The molecule has 16 heavy (non-hydrogen) atoms. The molecular weight excluding hydrogens is 204 g/mol. The lowest BCUT2D eigenvalue weighted by Gasteiger charge is -2.25. The molecule has 0 saturated heterocycles. The summed E-state index contributed by atoms with van der Waals surface area (Å²) in [5.74, 6) is -0.0806. The number of nitrogens with two attached hydrogens (primary N) is 1. The Labute approximate surface area is 98.9 Å². The third-order valence-corrected chi connectivity index (χ3v) is 2.33. The minimum absolute atomic E-state index is 0.0806. The summed E-state index contributed by atoms with van der Waals surface area (Å²) in [4.78, 5) is 11.6. The van der Waals surface area contributed by atoms with Gasteiger partial charge in [0.2, 0.25) is 5.91 Å². The molecule has 1 amide bonds. The van der Waals surface area contributed by atoms with Crippen LogP contribution in [0.5, 0.6) is 0 Å². The van der Waals surface area contributed by atoms with Crippen LogP contribution in [0.15, 0.2) is 0 Å². The summed E-state index contributed by atoms with van der Waals surface area (Å²) < 4.78 is 5.31. The zero-order valence-corrected chi connectivity index (χ0v) is 11.0. The summed E-state index contributed by atoms with van der Waals surface area (Å²) in [6.45, 7) is 10.1. The Morgan fingerprint density at radius 3 is 2.50 bits per heavy atom. The number of carbonyl (C=O) groups excluding carboxylic acids is 1. The zero-order valence-electron chi connectivity index (χ0n) is 11.0. The highest BCUT2D eigenvalue weighted by Gasteiger charge is 2.26. The minimum Gasteiger partial charge on any atom is -0.381 e. The molecule has 0 aromatic rings. The van der Waals surface area contributed by atoms with Crippen molar-refractivity contribution in [3.8, 4) is 0 Å². The first-order chi connectivity index (χ1) is 7.39. The Morgan fingerprint density at radius 2 is 2.00 bits per heavy atom. The maximum atomic E-state index is 11.6. The molecule has 0 fully saturated rings. The number of hydrogen-bond donors (Lipinski definition) is 2. The van der Waals surface area contributed by atoms with Gasteiger partial charge < -0.3 is 15.8 Å². The van der Waals surface area contributed by atoms with Crippen LogP contribution in [0.2, 0.25) is 0 Å². The molecule has 0 aromatic carbocycles. The summed E-state index contributed by atoms with van der Waals surface area (Å²) in [7, 11) is 0. The van der Waals surface area contributed by atoms with Crippen LogP contribution < -0.4 is 11.1 Å². The molecule has 0 aromatic heterocycles. The predicted molar refractivity (Wildman–Crippen MR) is 66.2 cm³/mol. The highest BCUT2D eigenvalue weighted by atomic mass is 16.5. The predicted octanol–water partition coefficient (Wildman–Crippen LogP) is 1.29. The first kappa shape index (κ1) is 15.4. The SMILES string of the molecule is CCCOCCCNC(=O)C(N)C(C)(C)C. The first-order valence-corrected chi connectivity index (χ1v) is 6.00. The largest absolute Gasteiger partial charge is 0.381 e. The van der Waals surface area contributed by atoms with Gasteiger partial charge >= 0.3 is 0 Å². The second-order valence-electron chi connectivity index (χ2n) is 5.10.